The molecule has 0 saturated heterocycles. The maximum atomic E-state index is 12.6. The van der Waals surface area contributed by atoms with E-state index in [0.29, 0.717) is 0 Å². The average molecular weight is 655 g/mol. The van der Waals surface area contributed by atoms with Crippen molar-refractivity contribution in [3.63, 3.8) is 0 Å². The van der Waals surface area contributed by atoms with Gasteiger partial charge in [-0.2, -0.15) is 0 Å². The van der Waals surface area contributed by atoms with E-state index < -0.39 is 86.2 Å². The summed E-state index contributed by atoms with van der Waals surface area (Å²) in [7, 11) is 0. The van der Waals surface area contributed by atoms with Gasteiger partial charge in [-0.3, -0.25) is 47.9 Å². The Balaban J connectivity index is 4.81. The largest absolute Gasteiger partial charge is 0.480 e. The molecule has 0 fully saturated rings. The number of amides is 3. The lowest BCUT2D eigenvalue weighted by Crippen LogP contribution is -2.40. The van der Waals surface area contributed by atoms with Gasteiger partial charge in [-0.05, 0) is 6.42 Å². The predicted octanol–water partition coefficient (Wildman–Crippen LogP) is -0.451. The molecule has 258 valence electrons. The first-order valence-electron chi connectivity index (χ1n) is 15.0. The van der Waals surface area contributed by atoms with Crippen LogP contribution in [0.1, 0.15) is 79.1 Å². The van der Waals surface area contributed by atoms with Crippen LogP contribution >= 0.6 is 0 Å². The second kappa shape index (κ2) is 22.2. The summed E-state index contributed by atoms with van der Waals surface area (Å²) < 4.78 is 0. The maximum absolute atomic E-state index is 12.6. The highest BCUT2D eigenvalue weighted by atomic mass is 16.4. The average Bonchev–Trinajstić information content (AvgIpc) is 2.95. The van der Waals surface area contributed by atoms with E-state index in [1.165, 1.54) is 0 Å². The van der Waals surface area contributed by atoms with E-state index in [1.54, 1.807) is 13.8 Å². The van der Waals surface area contributed by atoms with Crippen LogP contribution in [-0.4, -0.2) is 124 Å². The monoisotopic (exact) mass is 654 g/mol. The number of rotatable bonds is 26. The van der Waals surface area contributed by atoms with Crippen molar-refractivity contribution in [2.24, 2.45) is 5.92 Å². The first-order chi connectivity index (χ1) is 21.4. The van der Waals surface area contributed by atoms with Gasteiger partial charge in [-0.1, -0.05) is 27.7 Å². The van der Waals surface area contributed by atoms with Crippen LogP contribution in [0, 0.1) is 5.92 Å². The number of Topliss-reactive ketones (excluding diaryl/α,β-unsaturated/α-hetero) is 5. The highest BCUT2D eigenvalue weighted by molar-refractivity contribution is 6.00. The molecule has 0 aliphatic carbocycles. The van der Waals surface area contributed by atoms with Gasteiger partial charge in [0.15, 0.2) is 17.3 Å². The van der Waals surface area contributed by atoms with Crippen molar-refractivity contribution in [3.05, 3.63) is 0 Å². The Labute approximate surface area is 267 Å². The lowest BCUT2D eigenvalue weighted by Gasteiger charge is -2.20. The van der Waals surface area contributed by atoms with Gasteiger partial charge in [0.1, 0.15) is 24.7 Å². The SMILES string of the molecule is CC(C)NCC(=O)CCC(=O)N(CC(=O)O)CC(=O)CCCC(=O)CN(CC(=O)O)C(=O)CCC(=O)CNC(=O)CC(=O)C(C)C. The van der Waals surface area contributed by atoms with Crippen molar-refractivity contribution in [3.8, 4) is 0 Å². The van der Waals surface area contributed by atoms with Crippen LogP contribution in [0.3, 0.4) is 0 Å². The third-order valence-electron chi connectivity index (χ3n) is 6.41. The van der Waals surface area contributed by atoms with Crippen molar-refractivity contribution in [1.29, 1.82) is 0 Å². The molecule has 3 amide bonds. The second-order valence-electron chi connectivity index (χ2n) is 11.4. The molecule has 0 aliphatic heterocycles. The van der Waals surface area contributed by atoms with E-state index in [9.17, 15) is 47.9 Å². The number of ketones is 5. The lowest BCUT2D eigenvalue weighted by molar-refractivity contribution is -0.146. The first kappa shape index (κ1) is 41.7. The van der Waals surface area contributed by atoms with Gasteiger partial charge in [0.2, 0.25) is 17.7 Å². The highest BCUT2D eigenvalue weighted by Gasteiger charge is 2.23. The predicted molar refractivity (Wildman–Crippen MR) is 161 cm³/mol. The molecule has 0 aromatic heterocycles. The molecule has 0 atom stereocenters. The topological polar surface area (TPSA) is 242 Å². The molecule has 0 rings (SSSR count). The molecule has 0 aromatic carbocycles. The number of hydrogen-bond acceptors (Lipinski definition) is 11. The fourth-order valence-electron chi connectivity index (χ4n) is 3.78. The third-order valence-corrected chi connectivity index (χ3v) is 6.41. The minimum Gasteiger partial charge on any atom is -0.480 e. The van der Waals surface area contributed by atoms with Gasteiger partial charge >= 0.3 is 11.9 Å². The molecule has 0 bridgehead atoms. The van der Waals surface area contributed by atoms with Crippen molar-refractivity contribution < 1.29 is 58.2 Å². The number of nitrogens with one attached hydrogen (secondary N) is 2. The van der Waals surface area contributed by atoms with Crippen LogP contribution < -0.4 is 10.6 Å². The minimum atomic E-state index is -1.40. The summed E-state index contributed by atoms with van der Waals surface area (Å²) >= 11 is 0. The normalized spacial score (nSPS) is 10.7. The molecule has 0 heterocycles. The highest BCUT2D eigenvalue weighted by Crippen LogP contribution is 2.07. The van der Waals surface area contributed by atoms with Gasteiger partial charge in [0, 0.05) is 50.5 Å². The number of nitrogens with zero attached hydrogens (tertiary/aromatic N) is 2. The van der Waals surface area contributed by atoms with Gasteiger partial charge in [0.05, 0.1) is 32.6 Å². The number of carboxylic acids is 2. The Morgan fingerprint density at radius 3 is 1.39 bits per heavy atom. The van der Waals surface area contributed by atoms with Crippen LogP contribution in [0.4, 0.5) is 0 Å². The molecule has 0 spiro atoms. The van der Waals surface area contributed by atoms with Crippen LogP contribution in [0.5, 0.6) is 0 Å². The van der Waals surface area contributed by atoms with E-state index in [1.807, 2.05) is 13.8 Å². The van der Waals surface area contributed by atoms with E-state index in [0.717, 1.165) is 9.80 Å². The Morgan fingerprint density at radius 1 is 0.565 bits per heavy atom. The lowest BCUT2D eigenvalue weighted by atomic mass is 10.1. The molecule has 0 aliphatic rings. The fraction of sp³-hybridized carbons (Fsp3) is 0.667. The maximum Gasteiger partial charge on any atom is 0.323 e. The van der Waals surface area contributed by atoms with Gasteiger partial charge in [-0.15, -0.1) is 0 Å². The number of carbonyl (C=O) groups is 10. The molecule has 0 saturated carbocycles. The first-order valence-corrected chi connectivity index (χ1v) is 15.0. The summed E-state index contributed by atoms with van der Waals surface area (Å²) in [6.45, 7) is 3.88. The summed E-state index contributed by atoms with van der Waals surface area (Å²) in [5.74, 6) is -7.40. The number of carbonyl (C=O) groups excluding carboxylic acids is 8. The van der Waals surface area contributed by atoms with E-state index in [4.69, 9.17) is 10.2 Å². The van der Waals surface area contributed by atoms with E-state index >= 15 is 0 Å². The van der Waals surface area contributed by atoms with Crippen molar-refractivity contribution in [1.82, 2.24) is 20.4 Å². The molecule has 16 heteroatoms. The van der Waals surface area contributed by atoms with Gasteiger partial charge in [0.25, 0.3) is 0 Å². The van der Waals surface area contributed by atoms with E-state index in [2.05, 4.69) is 10.6 Å². The molecule has 4 N–H and O–H groups in total. The summed E-state index contributed by atoms with van der Waals surface area (Å²) in [6, 6.07) is 0.0607. The summed E-state index contributed by atoms with van der Waals surface area (Å²) in [5.41, 5.74) is 0. The number of hydrogen-bond donors (Lipinski definition) is 4. The zero-order valence-electron chi connectivity index (χ0n) is 26.9. The van der Waals surface area contributed by atoms with Gasteiger partial charge in [-0.25, -0.2) is 0 Å². The molecule has 46 heavy (non-hydrogen) atoms. The zero-order chi connectivity index (χ0) is 35.4. The number of carboxylic acid groups (broad SMARTS) is 2. The summed E-state index contributed by atoms with van der Waals surface area (Å²) in [6.07, 6.45) is -2.00. The zero-order valence-corrected chi connectivity index (χ0v) is 26.9. The minimum absolute atomic E-state index is 0.0152. The van der Waals surface area contributed by atoms with Gasteiger partial charge < -0.3 is 30.6 Å². The Hall–Kier alpha value is -4.34. The summed E-state index contributed by atoms with van der Waals surface area (Å²) in [5, 5.41) is 23.5. The fourth-order valence-corrected chi connectivity index (χ4v) is 3.78. The van der Waals surface area contributed by atoms with Crippen LogP contribution in [0.25, 0.3) is 0 Å². The Kier molecular flexibility index (Phi) is 20.1. The quantitative estimate of drug-likeness (QED) is 0.0865. The van der Waals surface area contributed by atoms with Crippen molar-refractivity contribution in [2.45, 2.75) is 85.1 Å². The standard InChI is InChI=1S/C30H46N4O12/c1-19(2)25(39)12-26(40)32-14-22(36)9-11-28(42)34(18-30(45)46)16-24(38)7-5-6-23(37)15-33(17-29(43)44)27(41)10-8-21(35)13-31-20(3)4/h19-20,31H,5-18H2,1-4H3,(H,32,40)(H,43,44)(H,45,46). The number of aliphatic carboxylic acids is 2. The molecule has 0 aromatic rings. The van der Waals surface area contributed by atoms with Crippen molar-refractivity contribution >= 4 is 58.6 Å². The van der Waals surface area contributed by atoms with E-state index in [-0.39, 0.29) is 75.0 Å². The molecular weight excluding hydrogens is 608 g/mol. The Morgan fingerprint density at radius 2 is 1.00 bits per heavy atom. The molecule has 0 unspecified atom stereocenters. The molecule has 16 nitrogen and oxygen atoms in total. The van der Waals surface area contributed by atoms with Crippen LogP contribution in [0.15, 0.2) is 0 Å². The smallest absolute Gasteiger partial charge is 0.323 e. The summed E-state index contributed by atoms with van der Waals surface area (Å²) in [4.78, 5) is 121. The van der Waals surface area contributed by atoms with Crippen LogP contribution in [-0.2, 0) is 47.9 Å². The second-order valence-corrected chi connectivity index (χ2v) is 11.4. The third kappa shape index (κ3) is 20.6. The molecular formula is C30H46N4O12. The molecule has 0 radical (unpaired) electrons. The van der Waals surface area contributed by atoms with Crippen LogP contribution in [0.2, 0.25) is 0 Å². The van der Waals surface area contributed by atoms with Crippen molar-refractivity contribution in [2.75, 3.05) is 39.3 Å². The Bertz CT molecular complexity index is 1150.